The molecule has 0 aliphatic carbocycles. The number of hydrogen-bond acceptors (Lipinski definition) is 4. The lowest BCUT2D eigenvalue weighted by Gasteiger charge is -2.10. The molecule has 2 rings (SSSR count). The van der Waals surface area contributed by atoms with E-state index in [0.29, 0.717) is 4.47 Å². The minimum Gasteiger partial charge on any atom is -0.508 e. The number of carbonyl (C=O) groups is 2. The highest BCUT2D eigenvalue weighted by Gasteiger charge is 2.16. The Morgan fingerprint density at radius 1 is 1.00 bits per heavy atom. The molecule has 108 valence electrons. The Bertz CT molecular complexity index is 729. The van der Waals surface area contributed by atoms with Gasteiger partial charge in [-0.3, -0.25) is 4.79 Å². The fraction of sp³-hybridized carbons (Fsp3) is 0. The summed E-state index contributed by atoms with van der Waals surface area (Å²) in [6, 6.07) is 7.87. The molecular weight excluding hydrogens is 342 g/mol. The van der Waals surface area contributed by atoms with Crippen molar-refractivity contribution in [1.29, 1.82) is 0 Å². The summed E-state index contributed by atoms with van der Waals surface area (Å²) in [6.07, 6.45) is 0. The van der Waals surface area contributed by atoms with Crippen molar-refractivity contribution in [2.75, 3.05) is 5.32 Å². The van der Waals surface area contributed by atoms with Gasteiger partial charge >= 0.3 is 5.97 Å². The van der Waals surface area contributed by atoms with Gasteiger partial charge in [-0.2, -0.15) is 0 Å². The number of benzene rings is 2. The van der Waals surface area contributed by atoms with E-state index in [4.69, 9.17) is 5.11 Å². The van der Waals surface area contributed by atoms with Crippen LogP contribution in [0.2, 0.25) is 0 Å². The number of phenolic OH excluding ortho intramolecular Hbond substituents is 2. The van der Waals surface area contributed by atoms with E-state index >= 15 is 0 Å². The lowest BCUT2D eigenvalue weighted by molar-refractivity contribution is 0.0698. The van der Waals surface area contributed by atoms with E-state index in [0.717, 1.165) is 6.07 Å². The zero-order valence-corrected chi connectivity index (χ0v) is 12.1. The van der Waals surface area contributed by atoms with Crippen molar-refractivity contribution in [3.05, 3.63) is 52.0 Å². The molecule has 4 N–H and O–H groups in total. The van der Waals surface area contributed by atoms with Crippen LogP contribution in [0.15, 0.2) is 40.9 Å². The Balaban J connectivity index is 2.34. The topological polar surface area (TPSA) is 107 Å². The predicted octanol–water partition coefficient (Wildman–Crippen LogP) is 2.81. The summed E-state index contributed by atoms with van der Waals surface area (Å²) in [5.41, 5.74) is -0.0637. The van der Waals surface area contributed by atoms with Crippen LogP contribution in [0, 0.1) is 0 Å². The number of anilines is 1. The van der Waals surface area contributed by atoms with E-state index in [1.165, 1.54) is 24.3 Å². The molecule has 6 nitrogen and oxygen atoms in total. The number of carbonyl (C=O) groups excluding carboxylic acids is 1. The van der Waals surface area contributed by atoms with Gasteiger partial charge in [-0.15, -0.1) is 0 Å². The molecule has 0 bridgehead atoms. The van der Waals surface area contributed by atoms with E-state index in [9.17, 15) is 19.8 Å². The molecule has 0 heterocycles. The molecule has 0 saturated carbocycles. The van der Waals surface area contributed by atoms with Gasteiger partial charge in [0.15, 0.2) is 0 Å². The summed E-state index contributed by atoms with van der Waals surface area (Å²) < 4.78 is 0.561. The lowest BCUT2D eigenvalue weighted by atomic mass is 10.1. The van der Waals surface area contributed by atoms with Gasteiger partial charge < -0.3 is 20.6 Å². The monoisotopic (exact) mass is 351 g/mol. The molecule has 0 spiro atoms. The molecule has 0 unspecified atom stereocenters. The lowest BCUT2D eigenvalue weighted by Crippen LogP contribution is -2.15. The first-order valence-corrected chi connectivity index (χ1v) is 6.54. The van der Waals surface area contributed by atoms with Crippen LogP contribution in [0.4, 0.5) is 5.69 Å². The number of rotatable bonds is 3. The average molecular weight is 352 g/mol. The van der Waals surface area contributed by atoms with Gasteiger partial charge in [-0.05, 0) is 30.3 Å². The van der Waals surface area contributed by atoms with Crippen LogP contribution in [0.1, 0.15) is 20.7 Å². The molecule has 2 aromatic rings. The molecule has 1 amide bonds. The van der Waals surface area contributed by atoms with Crippen molar-refractivity contribution in [3.63, 3.8) is 0 Å². The number of aromatic carboxylic acids is 1. The molecule has 2 aromatic carbocycles. The summed E-state index contributed by atoms with van der Waals surface area (Å²) in [7, 11) is 0. The molecule has 0 saturated heterocycles. The van der Waals surface area contributed by atoms with E-state index in [1.54, 1.807) is 6.07 Å². The molecule has 7 heteroatoms. The first kappa shape index (κ1) is 14.9. The van der Waals surface area contributed by atoms with Crippen molar-refractivity contribution in [1.82, 2.24) is 0 Å². The van der Waals surface area contributed by atoms with Gasteiger partial charge in [0, 0.05) is 10.5 Å². The fourth-order valence-corrected chi connectivity index (χ4v) is 2.07. The highest BCUT2D eigenvalue weighted by atomic mass is 79.9. The minimum absolute atomic E-state index is 0.0768. The number of amides is 1. The summed E-state index contributed by atoms with van der Waals surface area (Å²) >= 11 is 3.15. The predicted molar refractivity (Wildman–Crippen MR) is 78.8 cm³/mol. The third-order valence-corrected chi connectivity index (χ3v) is 3.18. The second-order valence-electron chi connectivity index (χ2n) is 4.15. The maximum atomic E-state index is 12.0. The zero-order chi connectivity index (χ0) is 15.6. The van der Waals surface area contributed by atoms with Crippen LogP contribution < -0.4 is 5.32 Å². The number of carboxylic acid groups (broad SMARTS) is 1. The Kier molecular flexibility index (Phi) is 4.13. The molecule has 0 aliphatic rings. The second kappa shape index (κ2) is 5.84. The highest BCUT2D eigenvalue weighted by Crippen LogP contribution is 2.25. The number of aromatic hydroxyl groups is 2. The molecule has 0 radical (unpaired) electrons. The zero-order valence-electron chi connectivity index (χ0n) is 10.5. The second-order valence-corrected chi connectivity index (χ2v) is 5.07. The first-order chi connectivity index (χ1) is 9.88. The van der Waals surface area contributed by atoms with E-state index < -0.39 is 17.6 Å². The molecular formula is C14H10BrNO5. The molecule has 0 fully saturated rings. The normalized spacial score (nSPS) is 10.1. The summed E-state index contributed by atoms with van der Waals surface area (Å²) in [4.78, 5) is 23.2. The smallest absolute Gasteiger partial charge is 0.337 e. The Labute approximate surface area is 127 Å². The van der Waals surface area contributed by atoms with Crippen molar-refractivity contribution in [2.24, 2.45) is 0 Å². The standard InChI is InChI=1S/C14H10BrNO5/c15-7-1-4-11(10(5-7)14(20)21)16-13(19)9-3-2-8(17)6-12(9)18/h1-6,17-18H,(H,16,19)(H,20,21). The molecule has 21 heavy (non-hydrogen) atoms. The van der Waals surface area contributed by atoms with Crippen LogP contribution in [-0.4, -0.2) is 27.2 Å². The maximum Gasteiger partial charge on any atom is 0.337 e. The Hall–Kier alpha value is -2.54. The van der Waals surface area contributed by atoms with Crippen LogP contribution >= 0.6 is 15.9 Å². The molecule has 0 aliphatic heterocycles. The van der Waals surface area contributed by atoms with Gasteiger partial charge in [0.25, 0.3) is 5.91 Å². The van der Waals surface area contributed by atoms with Crippen molar-refractivity contribution >= 4 is 33.5 Å². The largest absolute Gasteiger partial charge is 0.508 e. The van der Waals surface area contributed by atoms with Gasteiger partial charge in [-0.25, -0.2) is 4.79 Å². The van der Waals surface area contributed by atoms with Crippen molar-refractivity contribution in [2.45, 2.75) is 0 Å². The minimum atomic E-state index is -1.19. The van der Waals surface area contributed by atoms with Gasteiger partial charge in [-0.1, -0.05) is 15.9 Å². The molecule has 0 aromatic heterocycles. The maximum absolute atomic E-state index is 12.0. The SMILES string of the molecule is O=C(Nc1ccc(Br)cc1C(=O)O)c1ccc(O)cc1O. The summed E-state index contributed by atoms with van der Waals surface area (Å²) in [6.45, 7) is 0. The summed E-state index contributed by atoms with van der Waals surface area (Å²) in [5, 5.41) is 30.3. The van der Waals surface area contributed by atoms with Gasteiger partial charge in [0.05, 0.1) is 16.8 Å². The number of hydrogen-bond donors (Lipinski definition) is 4. The first-order valence-electron chi connectivity index (χ1n) is 5.74. The average Bonchev–Trinajstić information content (AvgIpc) is 2.40. The number of halogens is 1. The van der Waals surface area contributed by atoms with E-state index in [2.05, 4.69) is 21.2 Å². The van der Waals surface area contributed by atoms with Crippen molar-refractivity contribution < 1.29 is 24.9 Å². The fourth-order valence-electron chi connectivity index (χ4n) is 1.70. The van der Waals surface area contributed by atoms with Crippen LogP contribution in [0.5, 0.6) is 11.5 Å². The third-order valence-electron chi connectivity index (χ3n) is 2.69. The van der Waals surface area contributed by atoms with Gasteiger partial charge in [0.1, 0.15) is 11.5 Å². The van der Waals surface area contributed by atoms with Crippen molar-refractivity contribution in [3.8, 4) is 11.5 Å². The van der Waals surface area contributed by atoms with Crippen LogP contribution in [0.25, 0.3) is 0 Å². The quantitative estimate of drug-likeness (QED) is 0.680. The van der Waals surface area contributed by atoms with Crippen LogP contribution in [0.3, 0.4) is 0 Å². The van der Waals surface area contributed by atoms with E-state index in [1.807, 2.05) is 0 Å². The summed E-state index contributed by atoms with van der Waals surface area (Å²) in [5.74, 6) is -2.46. The molecule has 0 atom stereocenters. The van der Waals surface area contributed by atoms with Gasteiger partial charge in [0.2, 0.25) is 0 Å². The number of carboxylic acids is 1. The third kappa shape index (κ3) is 3.32. The van der Waals surface area contributed by atoms with Crippen LogP contribution in [-0.2, 0) is 0 Å². The number of nitrogens with one attached hydrogen (secondary N) is 1. The Morgan fingerprint density at radius 3 is 2.33 bits per heavy atom. The Morgan fingerprint density at radius 2 is 1.71 bits per heavy atom. The number of phenols is 2. The van der Waals surface area contributed by atoms with E-state index in [-0.39, 0.29) is 22.6 Å². The highest BCUT2D eigenvalue weighted by molar-refractivity contribution is 9.10.